The zero-order valence-electron chi connectivity index (χ0n) is 11.0. The summed E-state index contributed by atoms with van der Waals surface area (Å²) in [6.07, 6.45) is 2.96. The number of hydrogen-bond donors (Lipinski definition) is 2. The van der Waals surface area contributed by atoms with Crippen molar-refractivity contribution in [2.75, 3.05) is 18.6 Å². The molecule has 0 spiro atoms. The molecule has 1 aliphatic heterocycles. The topological polar surface area (TPSA) is 41.1 Å². The molecule has 0 aromatic heterocycles. The Bertz CT molecular complexity index is 375. The Morgan fingerprint density at radius 2 is 1.95 bits per heavy atom. The molecule has 1 heterocycles. The maximum absolute atomic E-state index is 11.9. The average molecular weight is 319 g/mol. The van der Waals surface area contributed by atoms with E-state index in [9.17, 15) is 4.79 Å². The molecule has 2 N–H and O–H groups in total. The first kappa shape index (κ1) is 18.7. The molecule has 0 unspecified atom stereocenters. The number of nitrogens with one attached hydrogen (secondary N) is 2. The molecule has 1 fully saturated rings. The molecule has 6 heteroatoms. The van der Waals surface area contributed by atoms with Crippen LogP contribution < -0.4 is 10.6 Å². The van der Waals surface area contributed by atoms with Gasteiger partial charge in [-0.3, -0.25) is 4.79 Å². The number of benzene rings is 1. The van der Waals surface area contributed by atoms with E-state index in [1.807, 2.05) is 18.2 Å². The van der Waals surface area contributed by atoms with E-state index in [-0.39, 0.29) is 45.0 Å². The second-order valence-corrected chi connectivity index (χ2v) is 5.20. The molecular formula is C13H22N2OS3. The van der Waals surface area contributed by atoms with Gasteiger partial charge in [-0.15, -0.1) is 0 Å². The van der Waals surface area contributed by atoms with Crippen LogP contribution in [0.5, 0.6) is 0 Å². The molecule has 1 aromatic rings. The fourth-order valence-corrected chi connectivity index (χ4v) is 2.50. The third-order valence-corrected chi connectivity index (χ3v) is 3.66. The zero-order valence-corrected chi connectivity index (χ0v) is 13.8. The van der Waals surface area contributed by atoms with Crippen molar-refractivity contribution in [1.29, 1.82) is 0 Å². The largest absolute Gasteiger partial charge is 0.347 e. The van der Waals surface area contributed by atoms with Gasteiger partial charge in [-0.05, 0) is 24.0 Å². The van der Waals surface area contributed by atoms with Gasteiger partial charge in [0.1, 0.15) is 0 Å². The van der Waals surface area contributed by atoms with Gasteiger partial charge in [0.25, 0.3) is 0 Å². The Morgan fingerprint density at radius 3 is 2.53 bits per heavy atom. The maximum atomic E-state index is 11.9. The van der Waals surface area contributed by atoms with Crippen LogP contribution in [-0.2, 0) is 4.79 Å². The highest BCUT2D eigenvalue weighted by Crippen LogP contribution is 2.16. The second kappa shape index (κ2) is 9.58. The SMILES string of the molecule is CSCC[C@@H]1NC[C@H](c2ccccc2)NC1=O.S.S. The van der Waals surface area contributed by atoms with Crippen LogP contribution in [0, 0.1) is 0 Å². The number of rotatable bonds is 4. The summed E-state index contributed by atoms with van der Waals surface area (Å²) >= 11 is 1.77. The molecule has 0 radical (unpaired) electrons. The van der Waals surface area contributed by atoms with Crippen LogP contribution in [-0.4, -0.2) is 30.5 Å². The summed E-state index contributed by atoms with van der Waals surface area (Å²) in [5.41, 5.74) is 1.16. The first-order chi connectivity index (χ1) is 8.31. The van der Waals surface area contributed by atoms with Gasteiger partial charge in [-0.25, -0.2) is 0 Å². The van der Waals surface area contributed by atoms with Crippen molar-refractivity contribution in [3.63, 3.8) is 0 Å². The Hall–Kier alpha value is -0.300. The van der Waals surface area contributed by atoms with E-state index in [1.54, 1.807) is 11.8 Å². The third kappa shape index (κ3) is 5.30. The highest BCUT2D eigenvalue weighted by molar-refractivity contribution is 7.98. The van der Waals surface area contributed by atoms with Crippen LogP contribution >= 0.6 is 38.8 Å². The van der Waals surface area contributed by atoms with E-state index < -0.39 is 0 Å². The summed E-state index contributed by atoms with van der Waals surface area (Å²) in [6.45, 7) is 0.814. The lowest BCUT2D eigenvalue weighted by molar-refractivity contribution is -0.125. The van der Waals surface area contributed by atoms with Gasteiger partial charge in [0, 0.05) is 6.54 Å². The zero-order chi connectivity index (χ0) is 12.1. The first-order valence-electron chi connectivity index (χ1n) is 5.89. The highest BCUT2D eigenvalue weighted by atomic mass is 32.2. The van der Waals surface area contributed by atoms with Crippen molar-refractivity contribution < 1.29 is 4.79 Å². The molecule has 1 aromatic carbocycles. The lowest BCUT2D eigenvalue weighted by Crippen LogP contribution is -2.54. The molecule has 0 bridgehead atoms. The van der Waals surface area contributed by atoms with Crippen molar-refractivity contribution in [1.82, 2.24) is 10.6 Å². The van der Waals surface area contributed by atoms with Crippen molar-refractivity contribution in [3.05, 3.63) is 35.9 Å². The number of hydrogen-bond acceptors (Lipinski definition) is 3. The Kier molecular flexibility index (Phi) is 9.43. The van der Waals surface area contributed by atoms with E-state index in [1.165, 1.54) is 0 Å². The van der Waals surface area contributed by atoms with Crippen molar-refractivity contribution in [2.24, 2.45) is 0 Å². The molecule has 1 amide bonds. The summed E-state index contributed by atoms with van der Waals surface area (Å²) in [7, 11) is 0. The van der Waals surface area contributed by atoms with Crippen LogP contribution in [0.25, 0.3) is 0 Å². The monoisotopic (exact) mass is 318 g/mol. The molecule has 0 saturated carbocycles. The van der Waals surface area contributed by atoms with Crippen molar-refractivity contribution in [2.45, 2.75) is 18.5 Å². The van der Waals surface area contributed by atoms with Crippen LogP contribution in [0.2, 0.25) is 0 Å². The molecule has 0 aliphatic carbocycles. The van der Waals surface area contributed by atoms with Crippen LogP contribution in [0.3, 0.4) is 0 Å². The lowest BCUT2D eigenvalue weighted by Gasteiger charge is -2.30. The van der Waals surface area contributed by atoms with Gasteiger partial charge >= 0.3 is 0 Å². The number of thioether (sulfide) groups is 1. The predicted molar refractivity (Wildman–Crippen MR) is 92.9 cm³/mol. The highest BCUT2D eigenvalue weighted by Gasteiger charge is 2.27. The molecule has 19 heavy (non-hydrogen) atoms. The number of carbonyl (C=O) groups is 1. The molecule has 1 aliphatic rings. The minimum Gasteiger partial charge on any atom is -0.347 e. The quantitative estimate of drug-likeness (QED) is 0.889. The predicted octanol–water partition coefficient (Wildman–Crippen LogP) is 1.79. The Balaban J connectivity index is 0.00000162. The number of carbonyl (C=O) groups excluding carboxylic acids is 1. The summed E-state index contributed by atoms with van der Waals surface area (Å²) in [5.74, 6) is 1.14. The Morgan fingerprint density at radius 1 is 1.26 bits per heavy atom. The van der Waals surface area contributed by atoms with Crippen LogP contribution in [0.4, 0.5) is 0 Å². The van der Waals surface area contributed by atoms with E-state index in [0.717, 1.165) is 24.3 Å². The van der Waals surface area contributed by atoms with Gasteiger partial charge in [-0.2, -0.15) is 38.8 Å². The molecule has 108 valence electrons. The lowest BCUT2D eigenvalue weighted by atomic mass is 10.0. The van der Waals surface area contributed by atoms with Gasteiger partial charge in [0.05, 0.1) is 12.1 Å². The fourth-order valence-electron chi connectivity index (χ4n) is 2.03. The normalized spacial score (nSPS) is 21.8. The van der Waals surface area contributed by atoms with Crippen LogP contribution in [0.1, 0.15) is 18.0 Å². The van der Waals surface area contributed by atoms with Gasteiger partial charge in [-0.1, -0.05) is 30.3 Å². The van der Waals surface area contributed by atoms with Gasteiger partial charge in [0.2, 0.25) is 5.91 Å². The van der Waals surface area contributed by atoms with E-state index >= 15 is 0 Å². The summed E-state index contributed by atoms with van der Waals surface area (Å²) in [5, 5.41) is 6.41. The van der Waals surface area contributed by atoms with E-state index in [4.69, 9.17) is 0 Å². The molecule has 3 nitrogen and oxygen atoms in total. The molecule has 2 atom stereocenters. The van der Waals surface area contributed by atoms with E-state index in [0.29, 0.717) is 0 Å². The fraction of sp³-hybridized carbons (Fsp3) is 0.462. The van der Waals surface area contributed by atoms with Crippen LogP contribution in [0.15, 0.2) is 30.3 Å². The first-order valence-corrected chi connectivity index (χ1v) is 7.28. The summed E-state index contributed by atoms with van der Waals surface area (Å²) in [4.78, 5) is 11.9. The van der Waals surface area contributed by atoms with Gasteiger partial charge in [0.15, 0.2) is 0 Å². The molecular weight excluding hydrogens is 296 g/mol. The Labute approximate surface area is 133 Å². The minimum atomic E-state index is -0.0255. The standard InChI is InChI=1S/C13H18N2OS.2H2S/c1-17-8-7-11-13(16)15-12(9-14-11)10-5-3-2-4-6-10;;/h2-6,11-12,14H,7-9H2,1H3,(H,15,16);2*1H2/t11-,12+;;/m0../s1. The summed E-state index contributed by atoms with van der Waals surface area (Å²) < 4.78 is 0. The smallest absolute Gasteiger partial charge is 0.237 e. The van der Waals surface area contributed by atoms with E-state index in [2.05, 4.69) is 29.0 Å². The maximum Gasteiger partial charge on any atom is 0.237 e. The van der Waals surface area contributed by atoms with Crippen molar-refractivity contribution in [3.8, 4) is 0 Å². The molecule has 1 saturated heterocycles. The molecule has 2 rings (SSSR count). The summed E-state index contributed by atoms with van der Waals surface area (Å²) in [6, 6.07) is 10.2. The number of amides is 1. The third-order valence-electron chi connectivity index (χ3n) is 3.01. The van der Waals surface area contributed by atoms with Crippen molar-refractivity contribution >= 4 is 44.7 Å². The minimum absolute atomic E-state index is 0. The van der Waals surface area contributed by atoms with Gasteiger partial charge < -0.3 is 10.6 Å². The average Bonchev–Trinajstić information content (AvgIpc) is 2.38. The number of piperazine rings is 1. The second-order valence-electron chi connectivity index (χ2n) is 4.21.